The van der Waals surface area contributed by atoms with Gasteiger partial charge in [-0.25, -0.2) is 0 Å². The summed E-state index contributed by atoms with van der Waals surface area (Å²) in [4.78, 5) is 0. The predicted molar refractivity (Wildman–Crippen MR) is 191 cm³/mol. The van der Waals surface area contributed by atoms with Crippen LogP contribution in [0.15, 0.2) is 0 Å². The zero-order chi connectivity index (χ0) is 29.9. The van der Waals surface area contributed by atoms with Crippen LogP contribution in [0, 0.1) is 11.8 Å². The van der Waals surface area contributed by atoms with Gasteiger partial charge in [-0.1, -0.05) is 252 Å². The van der Waals surface area contributed by atoms with E-state index in [2.05, 4.69) is 27.7 Å². The first-order valence-electron chi connectivity index (χ1n) is 20.2. The minimum atomic E-state index is 0.954. The van der Waals surface area contributed by atoms with Crippen molar-refractivity contribution in [1.82, 2.24) is 0 Å². The van der Waals surface area contributed by atoms with Gasteiger partial charge in [0, 0.05) is 0 Å². The summed E-state index contributed by atoms with van der Waals surface area (Å²) in [5.41, 5.74) is 0. The van der Waals surface area contributed by atoms with Crippen LogP contribution in [0.2, 0.25) is 0 Å². The molecule has 0 heterocycles. The molecule has 0 spiro atoms. The van der Waals surface area contributed by atoms with Gasteiger partial charge in [0.05, 0.1) is 0 Å². The quantitative estimate of drug-likeness (QED) is 0.0651. The number of hydrogen-bond donors (Lipinski definition) is 0. The molecule has 0 bridgehead atoms. The van der Waals surface area contributed by atoms with Gasteiger partial charge in [0.15, 0.2) is 0 Å². The summed E-state index contributed by atoms with van der Waals surface area (Å²) in [6.07, 6.45) is 51.6. The molecule has 2 atom stereocenters. The van der Waals surface area contributed by atoms with Gasteiger partial charge in [0.2, 0.25) is 0 Å². The maximum absolute atomic E-state index is 2.52. The summed E-state index contributed by atoms with van der Waals surface area (Å²) in [5.74, 6) is 1.91. The van der Waals surface area contributed by atoms with Crippen molar-refractivity contribution >= 4 is 0 Å². The Balaban J connectivity index is 3.24. The molecule has 0 aliphatic carbocycles. The van der Waals surface area contributed by atoms with E-state index in [0.29, 0.717) is 0 Å². The summed E-state index contributed by atoms with van der Waals surface area (Å²) < 4.78 is 0. The van der Waals surface area contributed by atoms with Gasteiger partial charge in [0.1, 0.15) is 0 Å². The van der Waals surface area contributed by atoms with Gasteiger partial charge in [-0.05, 0) is 11.8 Å². The van der Waals surface area contributed by atoms with E-state index in [1.54, 1.807) is 0 Å². The normalized spacial score (nSPS) is 13.2. The lowest BCUT2D eigenvalue weighted by atomic mass is 9.92. The molecule has 0 aromatic heterocycles. The fourth-order valence-electron chi connectivity index (χ4n) is 6.83. The van der Waals surface area contributed by atoms with E-state index in [9.17, 15) is 0 Å². The van der Waals surface area contributed by atoms with Crippen LogP contribution in [0.5, 0.6) is 0 Å². The van der Waals surface area contributed by atoms with E-state index >= 15 is 0 Å². The minimum Gasteiger partial charge on any atom is -0.0654 e. The van der Waals surface area contributed by atoms with E-state index in [-0.39, 0.29) is 0 Å². The highest BCUT2D eigenvalue weighted by molar-refractivity contribution is 4.60. The van der Waals surface area contributed by atoms with Crippen LogP contribution in [0.4, 0.5) is 0 Å². The smallest absolute Gasteiger partial charge is 0.0443 e. The Kier molecular flexibility index (Phi) is 36.2. The van der Waals surface area contributed by atoms with E-state index in [4.69, 9.17) is 0 Å². The summed E-state index contributed by atoms with van der Waals surface area (Å²) >= 11 is 0. The molecule has 2 unspecified atom stereocenters. The molecular weight excluding hydrogens is 492 g/mol. The van der Waals surface area contributed by atoms with Gasteiger partial charge in [-0.15, -0.1) is 0 Å². The third-order valence-electron chi connectivity index (χ3n) is 9.99. The lowest BCUT2D eigenvalue weighted by molar-refractivity contribution is 0.390. The summed E-state index contributed by atoms with van der Waals surface area (Å²) in [7, 11) is 0. The molecule has 0 saturated carbocycles. The van der Waals surface area contributed by atoms with Gasteiger partial charge in [0.25, 0.3) is 0 Å². The monoisotopic (exact) mass is 577 g/mol. The topological polar surface area (TPSA) is 0 Å². The molecule has 0 amide bonds. The average molecular weight is 577 g/mol. The maximum Gasteiger partial charge on any atom is -0.0443 e. The largest absolute Gasteiger partial charge is 0.0654 e. The van der Waals surface area contributed by atoms with Gasteiger partial charge in [-0.2, -0.15) is 0 Å². The Labute approximate surface area is 263 Å². The third kappa shape index (κ3) is 36.1. The number of hydrogen-bond acceptors (Lipinski definition) is 0. The lowest BCUT2D eigenvalue weighted by Crippen LogP contribution is -1.99. The Bertz CT molecular complexity index is 439. The van der Waals surface area contributed by atoms with Crippen LogP contribution in [-0.2, 0) is 0 Å². The van der Waals surface area contributed by atoms with Crippen molar-refractivity contribution in [1.29, 1.82) is 0 Å². The standard InChI is InChI=1S/C41H84/c1-5-7-9-11-13-15-17-19-20-21-22-23-24-26-28-30-32-34-37-41(4)39-35-38-40(3)36-33-31-29-27-25-18-16-14-12-10-8-6-2/h40-41H,5-39H2,1-4H3. The summed E-state index contributed by atoms with van der Waals surface area (Å²) in [6, 6.07) is 0. The highest BCUT2D eigenvalue weighted by atomic mass is 14.1. The van der Waals surface area contributed by atoms with Gasteiger partial charge in [-0.3, -0.25) is 0 Å². The molecule has 0 nitrogen and oxygen atoms in total. The molecule has 0 N–H and O–H groups in total. The second kappa shape index (κ2) is 36.2. The van der Waals surface area contributed by atoms with Crippen molar-refractivity contribution in [3.05, 3.63) is 0 Å². The van der Waals surface area contributed by atoms with E-state index in [1.165, 1.54) is 225 Å². The van der Waals surface area contributed by atoms with Crippen LogP contribution in [0.3, 0.4) is 0 Å². The number of unbranched alkanes of at least 4 members (excludes halogenated alkanes) is 28. The SMILES string of the molecule is CCCCCCCCCCCCCCCCCCCCC(C)CCCC(C)CCCCCCCCCCCCCC. The molecule has 0 aliphatic heterocycles. The summed E-state index contributed by atoms with van der Waals surface area (Å²) in [6.45, 7) is 9.65. The maximum atomic E-state index is 2.52. The van der Waals surface area contributed by atoms with Gasteiger partial charge < -0.3 is 0 Å². The molecular formula is C41H84. The predicted octanol–water partition coefficient (Wildman–Crippen LogP) is 16.0. The Morgan fingerprint density at radius 2 is 0.390 bits per heavy atom. The van der Waals surface area contributed by atoms with Crippen molar-refractivity contribution in [3.63, 3.8) is 0 Å². The van der Waals surface area contributed by atoms with Crippen LogP contribution < -0.4 is 0 Å². The molecule has 0 aromatic carbocycles. The Morgan fingerprint density at radius 1 is 0.220 bits per heavy atom. The van der Waals surface area contributed by atoms with Crippen molar-refractivity contribution < 1.29 is 0 Å². The Morgan fingerprint density at radius 3 is 0.610 bits per heavy atom. The lowest BCUT2D eigenvalue weighted by Gasteiger charge is -2.14. The second-order valence-electron chi connectivity index (χ2n) is 14.6. The zero-order valence-electron chi connectivity index (χ0n) is 29.9. The molecule has 0 aliphatic rings. The first kappa shape index (κ1) is 41.0. The van der Waals surface area contributed by atoms with Crippen molar-refractivity contribution in [2.75, 3.05) is 0 Å². The first-order valence-corrected chi connectivity index (χ1v) is 20.2. The average Bonchev–Trinajstić information content (AvgIpc) is 2.97. The van der Waals surface area contributed by atoms with E-state index < -0.39 is 0 Å². The molecule has 0 heteroatoms. The van der Waals surface area contributed by atoms with Crippen LogP contribution in [0.1, 0.15) is 252 Å². The van der Waals surface area contributed by atoms with Crippen molar-refractivity contribution in [2.24, 2.45) is 11.8 Å². The van der Waals surface area contributed by atoms with Crippen LogP contribution in [0.25, 0.3) is 0 Å². The number of rotatable bonds is 36. The molecule has 248 valence electrons. The van der Waals surface area contributed by atoms with Gasteiger partial charge >= 0.3 is 0 Å². The molecule has 0 fully saturated rings. The fourth-order valence-corrected chi connectivity index (χ4v) is 6.83. The van der Waals surface area contributed by atoms with E-state index in [1.807, 2.05) is 0 Å². The fraction of sp³-hybridized carbons (Fsp3) is 1.00. The third-order valence-corrected chi connectivity index (χ3v) is 9.99. The molecule has 0 radical (unpaired) electrons. The van der Waals surface area contributed by atoms with Crippen LogP contribution in [-0.4, -0.2) is 0 Å². The highest BCUT2D eigenvalue weighted by Gasteiger charge is 2.06. The Hall–Kier alpha value is 0. The first-order chi connectivity index (χ1) is 20.2. The van der Waals surface area contributed by atoms with Crippen molar-refractivity contribution in [2.45, 2.75) is 252 Å². The van der Waals surface area contributed by atoms with E-state index in [0.717, 1.165) is 11.8 Å². The molecule has 0 rings (SSSR count). The zero-order valence-corrected chi connectivity index (χ0v) is 29.9. The second-order valence-corrected chi connectivity index (χ2v) is 14.6. The molecule has 41 heavy (non-hydrogen) atoms. The van der Waals surface area contributed by atoms with Crippen LogP contribution >= 0.6 is 0 Å². The molecule has 0 saturated heterocycles. The summed E-state index contributed by atoms with van der Waals surface area (Å²) in [5, 5.41) is 0. The highest BCUT2D eigenvalue weighted by Crippen LogP contribution is 2.22. The van der Waals surface area contributed by atoms with Crippen molar-refractivity contribution in [3.8, 4) is 0 Å². The minimum absolute atomic E-state index is 0.954. The molecule has 0 aromatic rings.